The number of likely N-dealkylation sites (N-methyl/N-ethyl adjacent to an activating group) is 1. The third-order valence-electron chi connectivity index (χ3n) is 5.42. The van der Waals surface area contributed by atoms with E-state index in [-0.39, 0.29) is 17.5 Å². The first-order chi connectivity index (χ1) is 11.7. The van der Waals surface area contributed by atoms with Crippen LogP contribution in [0.2, 0.25) is 0 Å². The Morgan fingerprint density at radius 2 is 2.04 bits per heavy atom. The summed E-state index contributed by atoms with van der Waals surface area (Å²) >= 11 is 0. The van der Waals surface area contributed by atoms with Gasteiger partial charge in [-0.25, -0.2) is 4.98 Å². The number of amides is 1. The maximum atomic E-state index is 13.0. The van der Waals surface area contributed by atoms with Gasteiger partial charge in [-0.15, -0.1) is 0 Å². The predicted octanol–water partition coefficient (Wildman–Crippen LogP) is 2.35. The van der Waals surface area contributed by atoms with Crippen LogP contribution in [0.15, 0.2) is 36.7 Å². The van der Waals surface area contributed by atoms with Gasteiger partial charge in [0.05, 0.1) is 23.6 Å². The molecule has 4 rings (SSSR count). The Hall–Kier alpha value is -2.14. The van der Waals surface area contributed by atoms with Crippen molar-refractivity contribution in [3.63, 3.8) is 0 Å². The molecule has 0 bridgehead atoms. The largest absolute Gasteiger partial charge is 0.348 e. The van der Waals surface area contributed by atoms with Gasteiger partial charge in [-0.2, -0.15) is 0 Å². The number of rotatable bonds is 3. The summed E-state index contributed by atoms with van der Waals surface area (Å²) in [6.45, 7) is 0.640. The molecule has 0 unspecified atom stereocenters. The lowest BCUT2D eigenvalue weighted by Gasteiger charge is -2.39. The second-order valence-corrected chi connectivity index (χ2v) is 7.10. The minimum absolute atomic E-state index is 0.110. The summed E-state index contributed by atoms with van der Waals surface area (Å²) in [5, 5.41) is 3.66. The van der Waals surface area contributed by atoms with Gasteiger partial charge in [-0.3, -0.25) is 10.1 Å². The van der Waals surface area contributed by atoms with E-state index in [1.165, 1.54) is 12.8 Å². The summed E-state index contributed by atoms with van der Waals surface area (Å²) in [4.78, 5) is 22.6. The smallest absolute Gasteiger partial charge is 0.240 e. The standard InChI is InChI=1S/C19H24N4O/c1-23(12-14-7-3-2-4-8-14)18(24)16-11-15-17(21-13-20-15)19(22-16)9-5-6-10-19/h2-4,7-8,13,16,22H,5-6,9-12H2,1H3,(H,20,21)/t16-/m0/s1. The Morgan fingerprint density at radius 1 is 1.29 bits per heavy atom. The topological polar surface area (TPSA) is 61.0 Å². The SMILES string of the molecule is CN(Cc1ccccc1)C(=O)[C@@H]1Cc2[nH]cnc2C2(CCCC2)N1. The molecule has 2 heterocycles. The first kappa shape index (κ1) is 15.4. The minimum Gasteiger partial charge on any atom is -0.348 e. The molecule has 1 aromatic carbocycles. The fraction of sp³-hybridized carbons (Fsp3) is 0.474. The molecular formula is C19H24N4O. The Balaban J connectivity index is 1.53. The van der Waals surface area contributed by atoms with E-state index in [1.807, 2.05) is 30.1 Å². The number of carbonyl (C=O) groups excluding carboxylic acids is 1. The minimum atomic E-state index is -0.176. The number of aromatic amines is 1. The number of imidazole rings is 1. The van der Waals surface area contributed by atoms with Crippen molar-refractivity contribution in [3.8, 4) is 0 Å². The molecule has 2 aliphatic rings. The van der Waals surface area contributed by atoms with Gasteiger partial charge in [-0.05, 0) is 18.4 Å². The van der Waals surface area contributed by atoms with Crippen molar-refractivity contribution in [2.45, 2.75) is 50.2 Å². The van der Waals surface area contributed by atoms with Crippen LogP contribution in [0, 0.1) is 0 Å². The molecule has 1 atom stereocenters. The van der Waals surface area contributed by atoms with Crippen LogP contribution in [0.5, 0.6) is 0 Å². The highest BCUT2D eigenvalue weighted by atomic mass is 16.2. The van der Waals surface area contributed by atoms with Gasteiger partial charge in [0.1, 0.15) is 0 Å². The number of benzene rings is 1. The highest BCUT2D eigenvalue weighted by molar-refractivity contribution is 5.82. The van der Waals surface area contributed by atoms with Gasteiger partial charge < -0.3 is 9.88 Å². The molecule has 24 heavy (non-hydrogen) atoms. The lowest BCUT2D eigenvalue weighted by molar-refractivity contribution is -0.133. The first-order valence-corrected chi connectivity index (χ1v) is 8.77. The van der Waals surface area contributed by atoms with Crippen LogP contribution in [0.4, 0.5) is 0 Å². The normalized spacial score (nSPS) is 21.6. The maximum absolute atomic E-state index is 13.0. The molecule has 1 spiro atoms. The molecule has 5 heteroatoms. The Labute approximate surface area is 142 Å². The fourth-order valence-corrected chi connectivity index (χ4v) is 4.26. The van der Waals surface area contributed by atoms with Crippen molar-refractivity contribution in [1.82, 2.24) is 20.2 Å². The molecule has 1 aromatic heterocycles. The van der Waals surface area contributed by atoms with E-state index in [9.17, 15) is 4.79 Å². The van der Waals surface area contributed by atoms with Crippen LogP contribution in [0.3, 0.4) is 0 Å². The van der Waals surface area contributed by atoms with Gasteiger partial charge in [0.15, 0.2) is 0 Å². The second kappa shape index (κ2) is 6.06. The third kappa shape index (κ3) is 2.63. The lowest BCUT2D eigenvalue weighted by atomic mass is 9.84. The van der Waals surface area contributed by atoms with Gasteiger partial charge in [0.25, 0.3) is 0 Å². The van der Waals surface area contributed by atoms with Gasteiger partial charge in [-0.1, -0.05) is 43.2 Å². The van der Waals surface area contributed by atoms with E-state index in [4.69, 9.17) is 0 Å². The van der Waals surface area contributed by atoms with Crippen LogP contribution in [-0.4, -0.2) is 33.9 Å². The summed E-state index contributed by atoms with van der Waals surface area (Å²) in [5.74, 6) is 0.158. The van der Waals surface area contributed by atoms with Crippen molar-refractivity contribution in [2.75, 3.05) is 7.05 Å². The van der Waals surface area contributed by atoms with Gasteiger partial charge in [0.2, 0.25) is 5.91 Å². The first-order valence-electron chi connectivity index (χ1n) is 8.77. The zero-order valence-electron chi connectivity index (χ0n) is 14.1. The van der Waals surface area contributed by atoms with Crippen molar-refractivity contribution < 1.29 is 4.79 Å². The summed E-state index contributed by atoms with van der Waals surface area (Å²) in [5.41, 5.74) is 3.31. The second-order valence-electron chi connectivity index (χ2n) is 7.10. The van der Waals surface area contributed by atoms with E-state index in [0.29, 0.717) is 13.0 Å². The predicted molar refractivity (Wildman–Crippen MR) is 92.3 cm³/mol. The number of hydrogen-bond acceptors (Lipinski definition) is 3. The number of nitrogens with one attached hydrogen (secondary N) is 2. The molecule has 1 amide bonds. The lowest BCUT2D eigenvalue weighted by Crippen LogP contribution is -2.57. The molecule has 0 saturated heterocycles. The summed E-state index contributed by atoms with van der Waals surface area (Å²) in [6.07, 6.45) is 6.98. The van der Waals surface area contributed by atoms with E-state index < -0.39 is 0 Å². The monoisotopic (exact) mass is 324 g/mol. The molecule has 126 valence electrons. The summed E-state index contributed by atoms with van der Waals surface area (Å²) < 4.78 is 0. The molecule has 1 aliphatic carbocycles. The third-order valence-corrected chi connectivity index (χ3v) is 5.42. The van der Waals surface area contributed by atoms with Crippen molar-refractivity contribution in [1.29, 1.82) is 0 Å². The number of carbonyl (C=O) groups is 1. The number of hydrogen-bond donors (Lipinski definition) is 2. The number of nitrogens with zero attached hydrogens (tertiary/aromatic N) is 2. The van der Waals surface area contributed by atoms with E-state index in [0.717, 1.165) is 29.8 Å². The van der Waals surface area contributed by atoms with Crippen LogP contribution < -0.4 is 5.32 Å². The highest BCUT2D eigenvalue weighted by Crippen LogP contribution is 2.42. The molecule has 2 N–H and O–H groups in total. The Kier molecular flexibility index (Phi) is 3.88. The summed E-state index contributed by atoms with van der Waals surface area (Å²) in [7, 11) is 1.89. The molecule has 1 saturated carbocycles. The molecule has 2 aromatic rings. The molecule has 0 radical (unpaired) electrons. The molecule has 1 aliphatic heterocycles. The van der Waals surface area contributed by atoms with Gasteiger partial charge in [0, 0.05) is 25.7 Å². The Bertz CT molecular complexity index is 718. The average Bonchev–Trinajstić information content (AvgIpc) is 3.25. The highest BCUT2D eigenvalue weighted by Gasteiger charge is 2.45. The average molecular weight is 324 g/mol. The quantitative estimate of drug-likeness (QED) is 0.911. The molecular weight excluding hydrogens is 300 g/mol. The van der Waals surface area contributed by atoms with Crippen LogP contribution >= 0.6 is 0 Å². The maximum Gasteiger partial charge on any atom is 0.240 e. The fourth-order valence-electron chi connectivity index (χ4n) is 4.26. The van der Waals surface area contributed by atoms with Crippen LogP contribution in [0.25, 0.3) is 0 Å². The van der Waals surface area contributed by atoms with E-state index >= 15 is 0 Å². The van der Waals surface area contributed by atoms with Crippen LogP contribution in [0.1, 0.15) is 42.6 Å². The number of aromatic nitrogens is 2. The zero-order chi connectivity index (χ0) is 16.6. The summed E-state index contributed by atoms with van der Waals surface area (Å²) in [6, 6.07) is 9.96. The van der Waals surface area contributed by atoms with Gasteiger partial charge >= 0.3 is 0 Å². The molecule has 1 fully saturated rings. The zero-order valence-corrected chi connectivity index (χ0v) is 14.1. The van der Waals surface area contributed by atoms with Crippen molar-refractivity contribution in [2.24, 2.45) is 0 Å². The van der Waals surface area contributed by atoms with Crippen molar-refractivity contribution >= 4 is 5.91 Å². The van der Waals surface area contributed by atoms with Crippen LogP contribution in [-0.2, 0) is 23.3 Å². The number of fused-ring (bicyclic) bond motifs is 2. The van der Waals surface area contributed by atoms with E-state index in [2.05, 4.69) is 27.4 Å². The number of H-pyrrole nitrogens is 1. The Morgan fingerprint density at radius 3 is 2.79 bits per heavy atom. The molecule has 5 nitrogen and oxygen atoms in total. The van der Waals surface area contributed by atoms with Crippen molar-refractivity contribution in [3.05, 3.63) is 53.6 Å². The van der Waals surface area contributed by atoms with E-state index in [1.54, 1.807) is 6.33 Å².